The van der Waals surface area contributed by atoms with Crippen molar-refractivity contribution in [3.63, 3.8) is 0 Å². The molecule has 1 aliphatic carbocycles. The Bertz CT molecular complexity index is 1160. The van der Waals surface area contributed by atoms with Crippen LogP contribution >= 0.6 is 0 Å². The SMILES string of the molecule is CCc1ccn2c(-c3ccnc(NCC4CC4)n3)c(-c3ccc(F)cc3)nc2c1. The van der Waals surface area contributed by atoms with E-state index in [1.165, 1.54) is 30.5 Å². The van der Waals surface area contributed by atoms with E-state index in [1.54, 1.807) is 18.3 Å². The third kappa shape index (κ3) is 3.58. The number of fused-ring (bicyclic) bond motifs is 1. The molecule has 0 aliphatic heterocycles. The van der Waals surface area contributed by atoms with Gasteiger partial charge in [-0.15, -0.1) is 0 Å². The van der Waals surface area contributed by atoms with Gasteiger partial charge in [0.25, 0.3) is 0 Å². The fourth-order valence-electron chi connectivity index (χ4n) is 3.49. The van der Waals surface area contributed by atoms with Gasteiger partial charge in [-0.3, -0.25) is 4.40 Å². The summed E-state index contributed by atoms with van der Waals surface area (Å²) in [5.41, 5.74) is 5.37. The Hall–Kier alpha value is -3.28. The molecule has 0 radical (unpaired) electrons. The number of nitrogens with one attached hydrogen (secondary N) is 1. The minimum absolute atomic E-state index is 0.263. The number of imidazole rings is 1. The van der Waals surface area contributed by atoms with E-state index in [4.69, 9.17) is 9.97 Å². The van der Waals surface area contributed by atoms with Gasteiger partial charge in [-0.2, -0.15) is 0 Å². The molecule has 1 N–H and O–H groups in total. The molecule has 0 unspecified atom stereocenters. The van der Waals surface area contributed by atoms with E-state index in [9.17, 15) is 4.39 Å². The first-order chi connectivity index (χ1) is 14.2. The summed E-state index contributed by atoms with van der Waals surface area (Å²) in [6.07, 6.45) is 7.28. The van der Waals surface area contributed by atoms with Crippen LogP contribution < -0.4 is 5.32 Å². The van der Waals surface area contributed by atoms with E-state index in [-0.39, 0.29) is 5.82 Å². The van der Waals surface area contributed by atoms with E-state index in [2.05, 4.69) is 29.4 Å². The van der Waals surface area contributed by atoms with Crippen molar-refractivity contribution in [1.29, 1.82) is 0 Å². The normalized spacial score (nSPS) is 13.7. The van der Waals surface area contributed by atoms with Crippen LogP contribution in [0.5, 0.6) is 0 Å². The van der Waals surface area contributed by atoms with Crippen molar-refractivity contribution in [2.24, 2.45) is 5.92 Å². The fourth-order valence-corrected chi connectivity index (χ4v) is 3.49. The van der Waals surface area contributed by atoms with Gasteiger partial charge in [0.15, 0.2) is 0 Å². The van der Waals surface area contributed by atoms with Crippen LogP contribution in [0.25, 0.3) is 28.3 Å². The van der Waals surface area contributed by atoms with Crippen molar-refractivity contribution < 1.29 is 4.39 Å². The number of pyridine rings is 1. The lowest BCUT2D eigenvalue weighted by atomic mass is 10.1. The average Bonchev–Trinajstić information content (AvgIpc) is 3.51. The molecule has 0 bridgehead atoms. The Morgan fingerprint density at radius 2 is 1.93 bits per heavy atom. The quantitative estimate of drug-likeness (QED) is 0.507. The fraction of sp³-hybridized carbons (Fsp3) is 0.261. The van der Waals surface area contributed by atoms with Crippen LogP contribution in [-0.4, -0.2) is 25.9 Å². The molecule has 1 fully saturated rings. The summed E-state index contributed by atoms with van der Waals surface area (Å²) in [7, 11) is 0. The zero-order chi connectivity index (χ0) is 19.8. The highest BCUT2D eigenvalue weighted by molar-refractivity contribution is 5.80. The summed E-state index contributed by atoms with van der Waals surface area (Å²) in [4.78, 5) is 14.0. The summed E-state index contributed by atoms with van der Waals surface area (Å²) >= 11 is 0. The number of nitrogens with zero attached hydrogens (tertiary/aromatic N) is 4. The zero-order valence-corrected chi connectivity index (χ0v) is 16.3. The Labute approximate surface area is 168 Å². The number of hydrogen-bond donors (Lipinski definition) is 1. The molecule has 5 rings (SSSR count). The third-order valence-electron chi connectivity index (χ3n) is 5.36. The second kappa shape index (κ2) is 7.28. The molecule has 0 saturated heterocycles. The van der Waals surface area contributed by atoms with Gasteiger partial charge in [-0.05, 0) is 73.2 Å². The van der Waals surface area contributed by atoms with Gasteiger partial charge >= 0.3 is 0 Å². The molecule has 29 heavy (non-hydrogen) atoms. The van der Waals surface area contributed by atoms with E-state index in [1.807, 2.05) is 16.7 Å². The van der Waals surface area contributed by atoms with E-state index < -0.39 is 0 Å². The van der Waals surface area contributed by atoms with Crippen LogP contribution in [0.2, 0.25) is 0 Å². The molecular formula is C23H22FN5. The van der Waals surface area contributed by atoms with Crippen LogP contribution in [-0.2, 0) is 6.42 Å². The van der Waals surface area contributed by atoms with Crippen molar-refractivity contribution >= 4 is 11.6 Å². The molecule has 4 aromatic rings. The van der Waals surface area contributed by atoms with Crippen molar-refractivity contribution in [3.8, 4) is 22.6 Å². The monoisotopic (exact) mass is 387 g/mol. The zero-order valence-electron chi connectivity index (χ0n) is 16.3. The first-order valence-corrected chi connectivity index (χ1v) is 10.1. The van der Waals surface area contributed by atoms with Crippen molar-refractivity contribution in [1.82, 2.24) is 19.4 Å². The average molecular weight is 387 g/mol. The third-order valence-corrected chi connectivity index (χ3v) is 5.36. The number of benzene rings is 1. The van der Waals surface area contributed by atoms with Crippen molar-refractivity contribution in [2.75, 3.05) is 11.9 Å². The highest BCUT2D eigenvalue weighted by Gasteiger charge is 2.22. The second-order valence-corrected chi connectivity index (χ2v) is 7.52. The highest BCUT2D eigenvalue weighted by atomic mass is 19.1. The van der Waals surface area contributed by atoms with Gasteiger partial charge in [0.2, 0.25) is 5.95 Å². The number of anilines is 1. The van der Waals surface area contributed by atoms with Gasteiger partial charge in [-0.1, -0.05) is 6.92 Å². The summed E-state index contributed by atoms with van der Waals surface area (Å²) < 4.78 is 15.5. The summed E-state index contributed by atoms with van der Waals surface area (Å²) in [5, 5.41) is 3.34. The molecule has 0 spiro atoms. The maximum absolute atomic E-state index is 13.5. The predicted octanol–water partition coefficient (Wildman–Crippen LogP) is 4.98. The molecule has 1 saturated carbocycles. The van der Waals surface area contributed by atoms with E-state index in [0.29, 0.717) is 5.95 Å². The molecule has 146 valence electrons. The summed E-state index contributed by atoms with van der Waals surface area (Å²) in [5.74, 6) is 1.10. The molecular weight excluding hydrogens is 365 g/mol. The first-order valence-electron chi connectivity index (χ1n) is 10.1. The molecule has 0 atom stereocenters. The number of aryl methyl sites for hydroxylation is 1. The topological polar surface area (TPSA) is 55.1 Å². The molecule has 5 nitrogen and oxygen atoms in total. The Kier molecular flexibility index (Phi) is 4.46. The molecule has 3 heterocycles. The maximum atomic E-state index is 13.5. The van der Waals surface area contributed by atoms with Crippen LogP contribution in [0.15, 0.2) is 54.9 Å². The molecule has 6 heteroatoms. The van der Waals surface area contributed by atoms with Gasteiger partial charge in [0.05, 0.1) is 17.1 Å². The number of aromatic nitrogens is 4. The van der Waals surface area contributed by atoms with Crippen LogP contribution in [0.3, 0.4) is 0 Å². The van der Waals surface area contributed by atoms with Crippen molar-refractivity contribution in [2.45, 2.75) is 26.2 Å². The van der Waals surface area contributed by atoms with Gasteiger partial charge in [0, 0.05) is 24.5 Å². The summed E-state index contributed by atoms with van der Waals surface area (Å²) in [6, 6.07) is 12.5. The lowest BCUT2D eigenvalue weighted by Crippen LogP contribution is -2.07. The Morgan fingerprint density at radius 1 is 1.10 bits per heavy atom. The minimum Gasteiger partial charge on any atom is -0.354 e. The smallest absolute Gasteiger partial charge is 0.223 e. The van der Waals surface area contributed by atoms with Crippen molar-refractivity contribution in [3.05, 3.63) is 66.2 Å². The van der Waals surface area contributed by atoms with E-state index in [0.717, 1.165) is 47.2 Å². The van der Waals surface area contributed by atoms with E-state index >= 15 is 0 Å². The molecule has 1 aliphatic rings. The van der Waals surface area contributed by atoms with Crippen LogP contribution in [0.4, 0.5) is 10.3 Å². The lowest BCUT2D eigenvalue weighted by Gasteiger charge is -2.08. The van der Waals surface area contributed by atoms with Gasteiger partial charge < -0.3 is 5.32 Å². The number of rotatable bonds is 6. The highest BCUT2D eigenvalue weighted by Crippen LogP contribution is 2.33. The Balaban J connectivity index is 1.65. The summed E-state index contributed by atoms with van der Waals surface area (Å²) in [6.45, 7) is 3.03. The molecule has 1 aromatic carbocycles. The number of hydrogen-bond acceptors (Lipinski definition) is 4. The first kappa shape index (κ1) is 17.8. The minimum atomic E-state index is -0.263. The second-order valence-electron chi connectivity index (χ2n) is 7.52. The Morgan fingerprint density at radius 3 is 2.69 bits per heavy atom. The largest absolute Gasteiger partial charge is 0.354 e. The number of halogens is 1. The lowest BCUT2D eigenvalue weighted by molar-refractivity contribution is 0.628. The standard InChI is InChI=1S/C23H22FN5/c1-2-15-10-12-29-20(13-15)28-21(17-5-7-18(24)8-6-17)22(29)19-9-11-25-23(27-19)26-14-16-3-4-16/h5-13,16H,2-4,14H2,1H3,(H,25,26,27). The maximum Gasteiger partial charge on any atom is 0.223 e. The van der Waals surface area contributed by atoms with Crippen LogP contribution in [0, 0.1) is 11.7 Å². The van der Waals surface area contributed by atoms with Gasteiger partial charge in [-0.25, -0.2) is 19.3 Å². The predicted molar refractivity (Wildman–Crippen MR) is 112 cm³/mol. The van der Waals surface area contributed by atoms with Crippen LogP contribution in [0.1, 0.15) is 25.3 Å². The molecule has 3 aromatic heterocycles. The van der Waals surface area contributed by atoms with Gasteiger partial charge in [0.1, 0.15) is 11.5 Å². The molecule has 0 amide bonds.